The molecule has 1 fully saturated rings. The van der Waals surface area contributed by atoms with Crippen molar-refractivity contribution in [1.82, 2.24) is 10.2 Å². The lowest BCUT2D eigenvalue weighted by molar-refractivity contribution is -0.116. The van der Waals surface area contributed by atoms with E-state index in [2.05, 4.69) is 22.5 Å². The van der Waals surface area contributed by atoms with Crippen molar-refractivity contribution in [2.45, 2.75) is 19.4 Å². The number of anilines is 1. The van der Waals surface area contributed by atoms with Crippen LogP contribution in [0, 0.1) is 0 Å². The lowest BCUT2D eigenvalue weighted by atomic mass is 10.2. The SMILES string of the molecule is CC1CNCCN1CCC(=O)Nc1ccccc1Cl. The molecule has 1 atom stereocenters. The van der Waals surface area contributed by atoms with Gasteiger partial charge in [0.2, 0.25) is 5.91 Å². The minimum Gasteiger partial charge on any atom is -0.325 e. The molecule has 1 unspecified atom stereocenters. The van der Waals surface area contributed by atoms with Crippen LogP contribution in [0.5, 0.6) is 0 Å². The second-order valence-corrected chi connectivity index (χ2v) is 5.27. The van der Waals surface area contributed by atoms with Crippen LogP contribution in [0.4, 0.5) is 5.69 Å². The van der Waals surface area contributed by atoms with E-state index in [1.54, 1.807) is 6.07 Å². The van der Waals surface area contributed by atoms with E-state index < -0.39 is 0 Å². The standard InChI is InChI=1S/C14H20ClN3O/c1-11-10-16-7-9-18(11)8-6-14(19)17-13-5-3-2-4-12(13)15/h2-5,11,16H,6-10H2,1H3,(H,17,19). The first kappa shape index (κ1) is 14.3. The summed E-state index contributed by atoms with van der Waals surface area (Å²) in [6.45, 7) is 5.96. The van der Waals surface area contributed by atoms with Crippen molar-refractivity contribution in [3.63, 3.8) is 0 Å². The van der Waals surface area contributed by atoms with Gasteiger partial charge in [0.25, 0.3) is 0 Å². The Morgan fingerprint density at radius 3 is 3.05 bits per heavy atom. The number of rotatable bonds is 4. The van der Waals surface area contributed by atoms with Crippen LogP contribution in [0.3, 0.4) is 0 Å². The molecular weight excluding hydrogens is 262 g/mol. The molecule has 1 aliphatic heterocycles. The topological polar surface area (TPSA) is 44.4 Å². The van der Waals surface area contributed by atoms with Crippen molar-refractivity contribution in [3.05, 3.63) is 29.3 Å². The summed E-state index contributed by atoms with van der Waals surface area (Å²) < 4.78 is 0. The van der Waals surface area contributed by atoms with Crippen LogP contribution in [0.15, 0.2) is 24.3 Å². The Bertz CT molecular complexity index is 438. The number of amides is 1. The van der Waals surface area contributed by atoms with Crippen LogP contribution in [-0.4, -0.2) is 43.0 Å². The average molecular weight is 282 g/mol. The predicted molar refractivity (Wildman–Crippen MR) is 78.6 cm³/mol. The van der Waals surface area contributed by atoms with Gasteiger partial charge in [-0.1, -0.05) is 23.7 Å². The quantitative estimate of drug-likeness (QED) is 0.887. The van der Waals surface area contributed by atoms with E-state index in [1.807, 2.05) is 18.2 Å². The van der Waals surface area contributed by atoms with Crippen LogP contribution in [-0.2, 0) is 4.79 Å². The zero-order chi connectivity index (χ0) is 13.7. The van der Waals surface area contributed by atoms with Crippen LogP contribution >= 0.6 is 11.6 Å². The summed E-state index contributed by atoms with van der Waals surface area (Å²) in [6.07, 6.45) is 0.496. The first-order valence-corrected chi connectivity index (χ1v) is 7.04. The Morgan fingerprint density at radius 1 is 1.53 bits per heavy atom. The van der Waals surface area contributed by atoms with Gasteiger partial charge >= 0.3 is 0 Å². The Morgan fingerprint density at radius 2 is 2.32 bits per heavy atom. The summed E-state index contributed by atoms with van der Waals surface area (Å²) in [6, 6.07) is 7.78. The monoisotopic (exact) mass is 281 g/mol. The Balaban J connectivity index is 1.80. The molecule has 0 saturated carbocycles. The Hall–Kier alpha value is -1.10. The number of benzene rings is 1. The zero-order valence-electron chi connectivity index (χ0n) is 11.2. The Kier molecular flexibility index (Phi) is 5.19. The number of hydrogen-bond donors (Lipinski definition) is 2. The minimum atomic E-state index is 0.0128. The molecule has 0 bridgehead atoms. The molecule has 0 aromatic heterocycles. The van der Waals surface area contributed by atoms with Gasteiger partial charge in [0.05, 0.1) is 10.7 Å². The van der Waals surface area contributed by atoms with Crippen molar-refractivity contribution in [2.75, 3.05) is 31.5 Å². The molecule has 0 aliphatic carbocycles. The molecule has 0 radical (unpaired) electrons. The van der Waals surface area contributed by atoms with Gasteiger partial charge in [0, 0.05) is 38.6 Å². The highest BCUT2D eigenvalue weighted by Gasteiger charge is 2.18. The van der Waals surface area contributed by atoms with Crippen LogP contribution in [0.1, 0.15) is 13.3 Å². The largest absolute Gasteiger partial charge is 0.325 e. The van der Waals surface area contributed by atoms with E-state index in [1.165, 1.54) is 0 Å². The number of para-hydroxylation sites is 1. The summed E-state index contributed by atoms with van der Waals surface area (Å²) in [4.78, 5) is 14.2. The predicted octanol–water partition coefficient (Wildman–Crippen LogP) is 1.96. The second kappa shape index (κ2) is 6.89. The van der Waals surface area contributed by atoms with Gasteiger partial charge in [-0.15, -0.1) is 0 Å². The van der Waals surface area contributed by atoms with Crippen molar-refractivity contribution in [2.24, 2.45) is 0 Å². The molecule has 5 heteroatoms. The van der Waals surface area contributed by atoms with E-state index in [4.69, 9.17) is 11.6 Å². The highest BCUT2D eigenvalue weighted by molar-refractivity contribution is 6.33. The molecule has 19 heavy (non-hydrogen) atoms. The van der Waals surface area contributed by atoms with Gasteiger partial charge in [0.1, 0.15) is 0 Å². The molecule has 104 valence electrons. The molecule has 1 aliphatic rings. The molecule has 1 aromatic carbocycles. The number of piperazine rings is 1. The van der Waals surface area contributed by atoms with Gasteiger partial charge < -0.3 is 10.6 Å². The van der Waals surface area contributed by atoms with Gasteiger partial charge in [-0.05, 0) is 19.1 Å². The molecule has 1 saturated heterocycles. The Labute approximate surface area is 119 Å². The third-order valence-electron chi connectivity index (χ3n) is 3.41. The fourth-order valence-corrected chi connectivity index (χ4v) is 2.42. The molecule has 4 nitrogen and oxygen atoms in total. The average Bonchev–Trinajstić information content (AvgIpc) is 2.40. The molecule has 0 spiro atoms. The molecule has 1 aromatic rings. The summed E-state index contributed by atoms with van der Waals surface area (Å²) in [5.74, 6) is 0.0128. The van der Waals surface area contributed by atoms with Gasteiger partial charge in [-0.25, -0.2) is 0 Å². The van der Waals surface area contributed by atoms with E-state index in [0.717, 1.165) is 26.2 Å². The number of nitrogens with zero attached hydrogens (tertiary/aromatic N) is 1. The van der Waals surface area contributed by atoms with Gasteiger partial charge in [-0.2, -0.15) is 0 Å². The maximum absolute atomic E-state index is 11.9. The summed E-state index contributed by atoms with van der Waals surface area (Å²) in [5.41, 5.74) is 0.683. The molecule has 1 amide bonds. The van der Waals surface area contributed by atoms with Gasteiger partial charge in [0.15, 0.2) is 0 Å². The molecule has 1 heterocycles. The van der Waals surface area contributed by atoms with E-state index in [9.17, 15) is 4.79 Å². The second-order valence-electron chi connectivity index (χ2n) is 4.87. The number of halogens is 1. The summed E-state index contributed by atoms with van der Waals surface area (Å²) in [5, 5.41) is 6.77. The third kappa shape index (κ3) is 4.20. The van der Waals surface area contributed by atoms with Crippen LogP contribution < -0.4 is 10.6 Å². The minimum absolute atomic E-state index is 0.0128. The van der Waals surface area contributed by atoms with E-state index in [0.29, 0.717) is 23.2 Å². The lowest BCUT2D eigenvalue weighted by Crippen LogP contribution is -2.50. The third-order valence-corrected chi connectivity index (χ3v) is 3.74. The van der Waals surface area contributed by atoms with Crippen molar-refractivity contribution >= 4 is 23.2 Å². The lowest BCUT2D eigenvalue weighted by Gasteiger charge is -2.33. The maximum Gasteiger partial charge on any atom is 0.225 e. The maximum atomic E-state index is 11.9. The first-order chi connectivity index (χ1) is 9.16. The number of hydrogen-bond acceptors (Lipinski definition) is 3. The zero-order valence-corrected chi connectivity index (χ0v) is 11.9. The fraction of sp³-hybridized carbons (Fsp3) is 0.500. The summed E-state index contributed by atoms with van der Waals surface area (Å²) in [7, 11) is 0. The highest BCUT2D eigenvalue weighted by Crippen LogP contribution is 2.20. The number of carbonyl (C=O) groups excluding carboxylic acids is 1. The van der Waals surface area contributed by atoms with Crippen molar-refractivity contribution in [3.8, 4) is 0 Å². The first-order valence-electron chi connectivity index (χ1n) is 6.66. The highest BCUT2D eigenvalue weighted by atomic mass is 35.5. The van der Waals surface area contributed by atoms with Crippen LogP contribution in [0.25, 0.3) is 0 Å². The van der Waals surface area contributed by atoms with Crippen LogP contribution in [0.2, 0.25) is 5.02 Å². The number of nitrogens with one attached hydrogen (secondary N) is 2. The van der Waals surface area contributed by atoms with Gasteiger partial charge in [-0.3, -0.25) is 9.69 Å². The molecule has 2 rings (SSSR count). The smallest absolute Gasteiger partial charge is 0.225 e. The molecular formula is C14H20ClN3O. The summed E-state index contributed by atoms with van der Waals surface area (Å²) >= 11 is 6.01. The molecule has 2 N–H and O–H groups in total. The number of carbonyl (C=O) groups is 1. The van der Waals surface area contributed by atoms with E-state index >= 15 is 0 Å². The van der Waals surface area contributed by atoms with Crippen molar-refractivity contribution < 1.29 is 4.79 Å². The van der Waals surface area contributed by atoms with Crippen molar-refractivity contribution in [1.29, 1.82) is 0 Å². The van der Waals surface area contributed by atoms with E-state index in [-0.39, 0.29) is 5.91 Å². The normalized spacial score (nSPS) is 20.2. The fourth-order valence-electron chi connectivity index (χ4n) is 2.24.